The molecule has 0 saturated heterocycles. The van der Waals surface area contributed by atoms with Crippen molar-refractivity contribution in [2.45, 2.75) is 6.42 Å². The summed E-state index contributed by atoms with van der Waals surface area (Å²) in [4.78, 5) is 20.1. The molecule has 0 aliphatic rings. The number of nitrogens with zero attached hydrogens (tertiary/aromatic N) is 2. The van der Waals surface area contributed by atoms with E-state index in [1.165, 1.54) is 19.5 Å². The zero-order chi connectivity index (χ0) is 13.0. The van der Waals surface area contributed by atoms with Crippen LogP contribution in [0.4, 0.5) is 0 Å². The zero-order valence-corrected chi connectivity index (χ0v) is 11.3. The zero-order valence-electron chi connectivity index (χ0n) is 9.76. The Kier molecular flexibility index (Phi) is 4.04. The van der Waals surface area contributed by atoms with E-state index in [9.17, 15) is 4.79 Å². The number of hydrogen-bond donors (Lipinski definition) is 0. The van der Waals surface area contributed by atoms with Crippen molar-refractivity contribution in [3.8, 4) is 5.88 Å². The molecule has 0 atom stereocenters. The van der Waals surface area contributed by atoms with Crippen LogP contribution in [0.25, 0.3) is 0 Å². The SMILES string of the molecule is COc1nccnc1C(=O)Cc1cccc(Br)c1. The Morgan fingerprint density at radius 3 is 2.83 bits per heavy atom. The molecule has 0 aliphatic carbocycles. The third kappa shape index (κ3) is 2.92. The number of Topliss-reactive ketones (excluding diaryl/α,β-unsaturated/α-hetero) is 1. The molecule has 0 amide bonds. The fraction of sp³-hybridized carbons (Fsp3) is 0.154. The molecular weight excluding hydrogens is 296 g/mol. The van der Waals surface area contributed by atoms with E-state index in [-0.39, 0.29) is 23.8 Å². The van der Waals surface area contributed by atoms with Gasteiger partial charge in [0.1, 0.15) is 0 Å². The van der Waals surface area contributed by atoms with E-state index in [1.807, 2.05) is 24.3 Å². The highest BCUT2D eigenvalue weighted by Crippen LogP contribution is 2.16. The summed E-state index contributed by atoms with van der Waals surface area (Å²) in [6.45, 7) is 0. The lowest BCUT2D eigenvalue weighted by Gasteiger charge is -2.05. The molecule has 0 radical (unpaired) electrons. The highest BCUT2D eigenvalue weighted by molar-refractivity contribution is 9.10. The predicted octanol–water partition coefficient (Wildman–Crippen LogP) is 2.67. The largest absolute Gasteiger partial charge is 0.479 e. The van der Waals surface area contributed by atoms with Gasteiger partial charge in [-0.3, -0.25) is 4.79 Å². The maximum atomic E-state index is 12.1. The van der Waals surface area contributed by atoms with E-state index in [0.717, 1.165) is 10.0 Å². The Morgan fingerprint density at radius 1 is 1.33 bits per heavy atom. The number of carbonyl (C=O) groups is 1. The van der Waals surface area contributed by atoms with Crippen LogP contribution in [0.3, 0.4) is 0 Å². The van der Waals surface area contributed by atoms with Crippen molar-refractivity contribution >= 4 is 21.7 Å². The molecule has 0 saturated carbocycles. The van der Waals surface area contributed by atoms with E-state index in [2.05, 4.69) is 25.9 Å². The lowest BCUT2D eigenvalue weighted by atomic mass is 10.1. The number of aromatic nitrogens is 2. The van der Waals surface area contributed by atoms with Crippen molar-refractivity contribution in [2.75, 3.05) is 7.11 Å². The van der Waals surface area contributed by atoms with Gasteiger partial charge >= 0.3 is 0 Å². The van der Waals surface area contributed by atoms with Crippen LogP contribution < -0.4 is 4.74 Å². The molecule has 0 spiro atoms. The third-order valence-electron chi connectivity index (χ3n) is 2.38. The average Bonchev–Trinajstić information content (AvgIpc) is 2.38. The third-order valence-corrected chi connectivity index (χ3v) is 2.87. The van der Waals surface area contributed by atoms with Crippen LogP contribution in [-0.4, -0.2) is 22.9 Å². The minimum atomic E-state index is -0.113. The lowest BCUT2D eigenvalue weighted by Crippen LogP contribution is -2.09. The van der Waals surface area contributed by atoms with Crippen LogP contribution in [0.5, 0.6) is 5.88 Å². The molecule has 1 aromatic heterocycles. The van der Waals surface area contributed by atoms with Crippen LogP contribution in [-0.2, 0) is 6.42 Å². The summed E-state index contributed by atoms with van der Waals surface area (Å²) in [7, 11) is 1.47. The number of carbonyl (C=O) groups excluding carboxylic acids is 1. The van der Waals surface area contributed by atoms with Gasteiger partial charge in [-0.25, -0.2) is 9.97 Å². The number of methoxy groups -OCH3 is 1. The standard InChI is InChI=1S/C13H11BrN2O2/c1-18-13-12(15-5-6-16-13)11(17)8-9-3-2-4-10(14)7-9/h2-7H,8H2,1H3. The monoisotopic (exact) mass is 306 g/mol. The van der Waals surface area contributed by atoms with E-state index >= 15 is 0 Å². The van der Waals surface area contributed by atoms with Gasteiger partial charge < -0.3 is 4.74 Å². The second-order valence-electron chi connectivity index (χ2n) is 3.64. The van der Waals surface area contributed by atoms with Gasteiger partial charge in [0.05, 0.1) is 7.11 Å². The van der Waals surface area contributed by atoms with Gasteiger partial charge in [0.15, 0.2) is 11.5 Å². The van der Waals surface area contributed by atoms with Crippen LogP contribution in [0.15, 0.2) is 41.1 Å². The van der Waals surface area contributed by atoms with Gasteiger partial charge in [0.2, 0.25) is 5.88 Å². The van der Waals surface area contributed by atoms with Crippen LogP contribution in [0.1, 0.15) is 16.1 Å². The molecule has 0 fully saturated rings. The Morgan fingerprint density at radius 2 is 2.11 bits per heavy atom. The maximum Gasteiger partial charge on any atom is 0.243 e. The van der Waals surface area contributed by atoms with Crippen molar-refractivity contribution in [1.29, 1.82) is 0 Å². The summed E-state index contributed by atoms with van der Waals surface area (Å²) < 4.78 is 5.97. The van der Waals surface area contributed by atoms with Crippen LogP contribution >= 0.6 is 15.9 Å². The molecule has 1 heterocycles. The number of benzene rings is 1. The van der Waals surface area contributed by atoms with Gasteiger partial charge in [-0.15, -0.1) is 0 Å². The molecule has 0 bridgehead atoms. The number of ketones is 1. The van der Waals surface area contributed by atoms with Crippen molar-refractivity contribution in [2.24, 2.45) is 0 Å². The molecule has 2 rings (SSSR count). The fourth-order valence-electron chi connectivity index (χ4n) is 1.58. The first kappa shape index (κ1) is 12.7. The number of hydrogen-bond acceptors (Lipinski definition) is 4. The summed E-state index contributed by atoms with van der Waals surface area (Å²) in [5.41, 5.74) is 1.18. The van der Waals surface area contributed by atoms with Gasteiger partial charge in [0, 0.05) is 23.3 Å². The molecule has 2 aromatic rings. The minimum absolute atomic E-state index is 0.113. The second-order valence-corrected chi connectivity index (χ2v) is 4.56. The Balaban J connectivity index is 2.22. The maximum absolute atomic E-state index is 12.1. The first-order chi connectivity index (χ1) is 8.70. The van der Waals surface area contributed by atoms with Gasteiger partial charge in [-0.05, 0) is 17.7 Å². The molecule has 4 nitrogen and oxygen atoms in total. The van der Waals surface area contributed by atoms with Crippen LogP contribution in [0.2, 0.25) is 0 Å². The topological polar surface area (TPSA) is 52.1 Å². The predicted molar refractivity (Wildman–Crippen MR) is 70.8 cm³/mol. The summed E-state index contributed by atoms with van der Waals surface area (Å²) >= 11 is 3.37. The Labute approximate surface area is 113 Å². The first-order valence-electron chi connectivity index (χ1n) is 5.33. The molecule has 0 aliphatic heterocycles. The van der Waals surface area contributed by atoms with Gasteiger partial charge in [-0.1, -0.05) is 28.1 Å². The molecule has 1 aromatic carbocycles. The average molecular weight is 307 g/mol. The van der Waals surface area contributed by atoms with Crippen LogP contribution in [0, 0.1) is 0 Å². The summed E-state index contributed by atoms with van der Waals surface area (Å²) in [5, 5.41) is 0. The molecule has 5 heteroatoms. The van der Waals surface area contributed by atoms with E-state index in [4.69, 9.17) is 4.74 Å². The highest BCUT2D eigenvalue weighted by Gasteiger charge is 2.15. The smallest absolute Gasteiger partial charge is 0.243 e. The van der Waals surface area contributed by atoms with Crippen molar-refractivity contribution in [1.82, 2.24) is 9.97 Å². The molecular formula is C13H11BrN2O2. The van der Waals surface area contributed by atoms with E-state index in [1.54, 1.807) is 0 Å². The first-order valence-corrected chi connectivity index (χ1v) is 6.12. The summed E-state index contributed by atoms with van der Waals surface area (Å²) in [5.74, 6) is 0.149. The summed E-state index contributed by atoms with van der Waals surface area (Å²) in [6, 6.07) is 7.60. The van der Waals surface area contributed by atoms with Crippen molar-refractivity contribution in [3.05, 3.63) is 52.4 Å². The lowest BCUT2D eigenvalue weighted by molar-refractivity contribution is 0.0984. The number of rotatable bonds is 4. The summed E-state index contributed by atoms with van der Waals surface area (Å²) in [6.07, 6.45) is 3.25. The quantitative estimate of drug-likeness (QED) is 0.815. The van der Waals surface area contributed by atoms with E-state index < -0.39 is 0 Å². The Bertz CT molecular complexity index is 572. The second kappa shape index (κ2) is 5.73. The molecule has 18 heavy (non-hydrogen) atoms. The Hall–Kier alpha value is -1.75. The minimum Gasteiger partial charge on any atom is -0.479 e. The number of ether oxygens (including phenoxy) is 1. The van der Waals surface area contributed by atoms with Crippen molar-refractivity contribution in [3.63, 3.8) is 0 Å². The van der Waals surface area contributed by atoms with Gasteiger partial charge in [0.25, 0.3) is 0 Å². The van der Waals surface area contributed by atoms with Crippen molar-refractivity contribution < 1.29 is 9.53 Å². The molecule has 0 unspecified atom stereocenters. The highest BCUT2D eigenvalue weighted by atomic mass is 79.9. The van der Waals surface area contributed by atoms with Gasteiger partial charge in [-0.2, -0.15) is 0 Å². The normalized spacial score (nSPS) is 10.1. The molecule has 92 valence electrons. The molecule has 0 N–H and O–H groups in total. The number of halogens is 1. The fourth-order valence-corrected chi connectivity index (χ4v) is 2.03. The van der Waals surface area contributed by atoms with E-state index in [0.29, 0.717) is 0 Å².